The van der Waals surface area contributed by atoms with E-state index >= 15 is 0 Å². The minimum atomic E-state index is -0.0951. The molecule has 2 heterocycles. The number of carbonyl (C=O) groups excluding carboxylic acids is 1. The van der Waals surface area contributed by atoms with Crippen molar-refractivity contribution in [2.45, 2.75) is 26.3 Å². The number of thiazole rings is 1. The standard InChI is InChI=1S/C20H21N3OS/c1-2-10-23-11-9-17-18(13-23)25-20(21-17)22-19(24)16-8-7-14-5-3-4-6-15(14)12-16/h3-8,12H,2,9-11,13H2,1H3,(H,21,22,24). The van der Waals surface area contributed by atoms with Crippen molar-refractivity contribution in [2.75, 3.05) is 18.4 Å². The van der Waals surface area contributed by atoms with Gasteiger partial charge >= 0.3 is 0 Å². The van der Waals surface area contributed by atoms with Gasteiger partial charge in [-0.05, 0) is 35.9 Å². The minimum Gasteiger partial charge on any atom is -0.298 e. The van der Waals surface area contributed by atoms with Gasteiger partial charge in [-0.2, -0.15) is 0 Å². The van der Waals surface area contributed by atoms with Crippen LogP contribution in [0.5, 0.6) is 0 Å². The van der Waals surface area contributed by atoms with Gasteiger partial charge in [-0.25, -0.2) is 4.98 Å². The third kappa shape index (κ3) is 3.43. The highest BCUT2D eigenvalue weighted by Crippen LogP contribution is 2.28. The molecule has 1 aliphatic heterocycles. The van der Waals surface area contributed by atoms with Crippen LogP contribution in [-0.2, 0) is 13.0 Å². The van der Waals surface area contributed by atoms with Crippen molar-refractivity contribution in [3.05, 3.63) is 58.6 Å². The zero-order valence-corrected chi connectivity index (χ0v) is 15.1. The van der Waals surface area contributed by atoms with Crippen molar-refractivity contribution in [3.8, 4) is 0 Å². The molecule has 3 aromatic rings. The van der Waals surface area contributed by atoms with E-state index in [1.165, 1.54) is 11.3 Å². The fourth-order valence-corrected chi connectivity index (χ4v) is 4.35. The summed E-state index contributed by atoms with van der Waals surface area (Å²) in [5.74, 6) is -0.0951. The average Bonchev–Trinajstić information content (AvgIpc) is 3.03. The fraction of sp³-hybridized carbons (Fsp3) is 0.300. The van der Waals surface area contributed by atoms with Crippen LogP contribution in [0.25, 0.3) is 10.8 Å². The molecule has 4 rings (SSSR count). The van der Waals surface area contributed by atoms with Crippen molar-refractivity contribution in [2.24, 2.45) is 0 Å². The Labute approximate surface area is 151 Å². The minimum absolute atomic E-state index is 0.0951. The number of amides is 1. The number of nitrogens with zero attached hydrogens (tertiary/aromatic N) is 2. The van der Waals surface area contributed by atoms with Crippen LogP contribution in [-0.4, -0.2) is 28.9 Å². The predicted molar refractivity (Wildman–Crippen MR) is 103 cm³/mol. The molecular formula is C20H21N3OS. The Balaban J connectivity index is 1.51. The molecule has 2 aromatic carbocycles. The highest BCUT2D eigenvalue weighted by Gasteiger charge is 2.21. The van der Waals surface area contributed by atoms with Crippen LogP contribution < -0.4 is 5.32 Å². The van der Waals surface area contributed by atoms with E-state index in [9.17, 15) is 4.79 Å². The molecule has 1 aromatic heterocycles. The molecule has 0 saturated heterocycles. The quantitative estimate of drug-likeness (QED) is 0.761. The molecule has 0 radical (unpaired) electrons. The SMILES string of the molecule is CCCN1CCc2nc(NC(=O)c3ccc4ccccc4c3)sc2C1. The Morgan fingerprint density at radius 1 is 1.24 bits per heavy atom. The Morgan fingerprint density at radius 2 is 2.08 bits per heavy atom. The Morgan fingerprint density at radius 3 is 2.92 bits per heavy atom. The molecule has 128 valence electrons. The maximum atomic E-state index is 12.6. The van der Waals surface area contributed by atoms with Gasteiger partial charge in [0.1, 0.15) is 0 Å². The normalized spacial score (nSPS) is 14.4. The van der Waals surface area contributed by atoms with E-state index in [0.29, 0.717) is 10.7 Å². The lowest BCUT2D eigenvalue weighted by Crippen LogP contribution is -2.30. The second kappa shape index (κ2) is 6.94. The molecule has 0 atom stereocenters. The average molecular weight is 351 g/mol. The lowest BCUT2D eigenvalue weighted by atomic mass is 10.1. The zero-order valence-electron chi connectivity index (χ0n) is 14.3. The molecule has 1 amide bonds. The van der Waals surface area contributed by atoms with E-state index < -0.39 is 0 Å². The van der Waals surface area contributed by atoms with Crippen LogP contribution in [0.3, 0.4) is 0 Å². The van der Waals surface area contributed by atoms with Gasteiger partial charge in [0.2, 0.25) is 0 Å². The van der Waals surface area contributed by atoms with E-state index in [4.69, 9.17) is 0 Å². The molecule has 1 N–H and O–H groups in total. The van der Waals surface area contributed by atoms with Crippen LogP contribution in [0, 0.1) is 0 Å². The lowest BCUT2D eigenvalue weighted by Gasteiger charge is -2.24. The summed E-state index contributed by atoms with van der Waals surface area (Å²) in [5, 5.41) is 5.90. The van der Waals surface area contributed by atoms with Crippen molar-refractivity contribution >= 4 is 33.1 Å². The van der Waals surface area contributed by atoms with Gasteiger partial charge in [-0.1, -0.05) is 37.3 Å². The smallest absolute Gasteiger partial charge is 0.257 e. The highest BCUT2D eigenvalue weighted by atomic mass is 32.1. The van der Waals surface area contributed by atoms with Gasteiger partial charge in [0.05, 0.1) is 5.69 Å². The first-order valence-corrected chi connectivity index (χ1v) is 9.55. The van der Waals surface area contributed by atoms with Crippen LogP contribution >= 0.6 is 11.3 Å². The molecule has 0 saturated carbocycles. The molecule has 4 nitrogen and oxygen atoms in total. The summed E-state index contributed by atoms with van der Waals surface area (Å²) in [6, 6.07) is 13.9. The molecule has 0 unspecified atom stereocenters. The van der Waals surface area contributed by atoms with Gasteiger partial charge in [0.25, 0.3) is 5.91 Å². The number of fused-ring (bicyclic) bond motifs is 2. The number of hydrogen-bond donors (Lipinski definition) is 1. The van der Waals surface area contributed by atoms with E-state index in [2.05, 4.69) is 22.1 Å². The Kier molecular flexibility index (Phi) is 4.51. The lowest BCUT2D eigenvalue weighted by molar-refractivity contribution is 0.102. The van der Waals surface area contributed by atoms with Crippen LogP contribution in [0.1, 0.15) is 34.3 Å². The molecule has 0 bridgehead atoms. The number of aromatic nitrogens is 1. The summed E-state index contributed by atoms with van der Waals surface area (Å²) in [6.07, 6.45) is 2.14. The second-order valence-electron chi connectivity index (χ2n) is 6.43. The summed E-state index contributed by atoms with van der Waals surface area (Å²) < 4.78 is 0. The Hall–Kier alpha value is -2.24. The number of nitrogens with one attached hydrogen (secondary N) is 1. The summed E-state index contributed by atoms with van der Waals surface area (Å²) in [4.78, 5) is 21.0. The highest BCUT2D eigenvalue weighted by molar-refractivity contribution is 7.15. The van der Waals surface area contributed by atoms with Crippen LogP contribution in [0.15, 0.2) is 42.5 Å². The molecule has 0 aliphatic carbocycles. The van der Waals surface area contributed by atoms with Crippen molar-refractivity contribution < 1.29 is 4.79 Å². The second-order valence-corrected chi connectivity index (χ2v) is 7.51. The van der Waals surface area contributed by atoms with E-state index in [1.54, 1.807) is 11.3 Å². The van der Waals surface area contributed by atoms with Crippen LogP contribution in [0.2, 0.25) is 0 Å². The monoisotopic (exact) mass is 351 g/mol. The third-order valence-corrected chi connectivity index (χ3v) is 5.58. The summed E-state index contributed by atoms with van der Waals surface area (Å²) in [6.45, 7) is 5.34. The van der Waals surface area contributed by atoms with Gasteiger partial charge in [-0.15, -0.1) is 11.3 Å². The molecule has 0 spiro atoms. The number of hydrogen-bond acceptors (Lipinski definition) is 4. The van der Waals surface area contributed by atoms with Gasteiger partial charge in [0, 0.05) is 30.0 Å². The zero-order chi connectivity index (χ0) is 17.2. The summed E-state index contributed by atoms with van der Waals surface area (Å²) in [7, 11) is 0. The van der Waals surface area contributed by atoms with E-state index in [1.807, 2.05) is 42.5 Å². The van der Waals surface area contributed by atoms with Crippen molar-refractivity contribution in [1.29, 1.82) is 0 Å². The molecule has 25 heavy (non-hydrogen) atoms. The topological polar surface area (TPSA) is 45.2 Å². The summed E-state index contributed by atoms with van der Waals surface area (Å²) >= 11 is 1.61. The first-order chi connectivity index (χ1) is 12.2. The first kappa shape index (κ1) is 16.2. The number of carbonyl (C=O) groups is 1. The van der Waals surface area contributed by atoms with Gasteiger partial charge in [-0.3, -0.25) is 15.0 Å². The molecule has 0 fully saturated rings. The third-order valence-electron chi connectivity index (χ3n) is 4.58. The maximum Gasteiger partial charge on any atom is 0.257 e. The first-order valence-electron chi connectivity index (χ1n) is 8.74. The fourth-order valence-electron chi connectivity index (χ4n) is 3.31. The molecular weight excluding hydrogens is 330 g/mol. The number of anilines is 1. The van der Waals surface area contributed by atoms with Gasteiger partial charge in [0.15, 0.2) is 5.13 Å². The largest absolute Gasteiger partial charge is 0.298 e. The number of rotatable bonds is 4. The molecule has 1 aliphatic rings. The maximum absolute atomic E-state index is 12.6. The van der Waals surface area contributed by atoms with E-state index in [0.717, 1.165) is 42.5 Å². The predicted octanol–water partition coefficient (Wildman–Crippen LogP) is 4.32. The number of benzene rings is 2. The summed E-state index contributed by atoms with van der Waals surface area (Å²) in [5.41, 5.74) is 1.81. The van der Waals surface area contributed by atoms with Crippen molar-refractivity contribution in [3.63, 3.8) is 0 Å². The Bertz CT molecular complexity index is 918. The van der Waals surface area contributed by atoms with Gasteiger partial charge < -0.3 is 0 Å². The van der Waals surface area contributed by atoms with Crippen LogP contribution in [0.4, 0.5) is 5.13 Å². The molecule has 5 heteroatoms. The van der Waals surface area contributed by atoms with Crippen molar-refractivity contribution in [1.82, 2.24) is 9.88 Å². The van der Waals surface area contributed by atoms with E-state index in [-0.39, 0.29) is 5.91 Å².